The van der Waals surface area contributed by atoms with Gasteiger partial charge in [-0.25, -0.2) is 9.78 Å². The number of fused-ring (bicyclic) bond motifs is 2. The number of carbonyl (C=O) groups excluding carboxylic acids is 14. The van der Waals surface area contributed by atoms with E-state index in [0.717, 1.165) is 28.5 Å². The number of aliphatic carboxylic acids is 2. The summed E-state index contributed by atoms with van der Waals surface area (Å²) in [5.74, 6) is -20.7. The number of hydrogen-bond donors (Lipinski definition) is 23. The highest BCUT2D eigenvalue weighted by molar-refractivity contribution is 8.76. The van der Waals surface area contributed by atoms with E-state index in [9.17, 15) is 77.6 Å². The molecule has 0 bridgehead atoms. The van der Waals surface area contributed by atoms with Gasteiger partial charge in [0.15, 0.2) is 12.0 Å². The predicted octanol–water partition coefficient (Wildman–Crippen LogP) is -4.06. The first kappa shape index (κ1) is 90.1. The van der Waals surface area contributed by atoms with Gasteiger partial charge in [-0.3, -0.25) is 77.3 Å². The van der Waals surface area contributed by atoms with Crippen LogP contribution in [0.5, 0.6) is 0 Å². The van der Waals surface area contributed by atoms with Crippen molar-refractivity contribution in [2.45, 2.75) is 185 Å². The molecule has 5 aromatic rings. The minimum Gasteiger partial charge on any atom is -0.481 e. The van der Waals surface area contributed by atoms with Gasteiger partial charge >= 0.3 is 11.9 Å². The lowest BCUT2D eigenvalue weighted by Gasteiger charge is -2.29. The van der Waals surface area contributed by atoms with Crippen molar-refractivity contribution in [3.05, 3.63) is 90.3 Å². The molecule has 1 aliphatic heterocycles. The van der Waals surface area contributed by atoms with E-state index in [1.807, 2.05) is 0 Å². The average molecular weight is 1610 g/mol. The van der Waals surface area contributed by atoms with Crippen LogP contribution in [0.4, 0.5) is 0 Å². The Balaban J connectivity index is 1.47. The van der Waals surface area contributed by atoms with Crippen molar-refractivity contribution in [2.24, 2.45) is 23.3 Å². The van der Waals surface area contributed by atoms with Gasteiger partial charge in [-0.05, 0) is 68.2 Å². The Kier molecular flexibility index (Phi) is 34.8. The molecule has 0 aliphatic carbocycles. The normalized spacial score (nSPS) is 22.7. The van der Waals surface area contributed by atoms with Crippen LogP contribution < -0.4 is 85.9 Å². The molecular weight excluding hydrogens is 1520 g/mol. The molecule has 14 atom stereocenters. The van der Waals surface area contributed by atoms with Crippen LogP contribution in [0.15, 0.2) is 73.4 Å². The van der Waals surface area contributed by atoms with Crippen LogP contribution in [0.25, 0.3) is 21.8 Å². The summed E-state index contributed by atoms with van der Waals surface area (Å²) in [6, 6.07) is -6.64. The molecule has 4 heterocycles. The largest absolute Gasteiger partial charge is 0.481 e. The Bertz CT molecular complexity index is 4250. The first-order valence-electron chi connectivity index (χ1n) is 36.2. The second-order valence-corrected chi connectivity index (χ2v) is 30.0. The molecule has 6 rings (SSSR count). The number of primary amides is 1. The molecule has 113 heavy (non-hydrogen) atoms. The molecule has 42 heteroatoms. The summed E-state index contributed by atoms with van der Waals surface area (Å²) in [6.45, 7) is 8.95. The second-order valence-electron chi connectivity index (χ2n) is 27.4. The van der Waals surface area contributed by atoms with Gasteiger partial charge in [0.05, 0.1) is 25.4 Å². The number of aliphatic hydroxyl groups excluding tert-OH is 1. The molecule has 0 radical (unpaired) electrons. The minimum atomic E-state index is -2.06. The number of amides is 14. The summed E-state index contributed by atoms with van der Waals surface area (Å²) in [5.41, 5.74) is 13.4. The van der Waals surface area contributed by atoms with Gasteiger partial charge in [0.2, 0.25) is 82.7 Å². The van der Waals surface area contributed by atoms with Crippen LogP contribution in [0.3, 0.4) is 0 Å². The van der Waals surface area contributed by atoms with Gasteiger partial charge < -0.3 is 116 Å². The van der Waals surface area contributed by atoms with Gasteiger partial charge in [0.25, 0.3) is 0 Å². The number of carboxylic acid groups (broad SMARTS) is 2. The zero-order chi connectivity index (χ0) is 83.3. The van der Waals surface area contributed by atoms with Crippen molar-refractivity contribution in [1.29, 1.82) is 5.41 Å². The standard InChI is InChI=1S/C71H99N21O19S2/c1-8-34(4)57(82-37(7)94)69(109)90-52-31-113-112-30-51(67(107)92-58(36(6)93)70(110)111)89-61(101)45(18-13-21-76-71(73)74)83-64(104)49(24-40-28-75-32-80-40)85-59(99)35(5)81-54(96)29-79-60(100)47(22-38-26-77-43-16-11-9-14-41(38)43)86-65(105)50(25-55(97)98)87-62(102)46(19-20-53(72)95)84-63(103)48(88-68(108)56(33(2)3)91-66(52)106)23-39-27-78-44-17-12-10-15-42(39)44/h9-12,14-17,26-28,32-36,45-52,56-58,77-78,93H,8,13,18-25,29-31H2,1-7H3,(H2,72,95)(H,75,80)(H,79,100)(H,81,96)(H,82,94)(H,83,104)(H,84,103)(H,85,99)(H,86,105)(H,87,102)(H,88,108)(H,89,101)(H,90,109)(H,91,106)(H,92,107)(H,97,98)(H,110,111)(H4,73,74,76)/t34-,35-,36+,45-,46-,47-,48+,49-,50+,51-,52-,56-,57-,58+/m0/s1. The lowest BCUT2D eigenvalue weighted by atomic mass is 9.97. The Labute approximate surface area is 655 Å². The summed E-state index contributed by atoms with van der Waals surface area (Å²) in [6.07, 6.45) is 0.567. The maximum Gasteiger partial charge on any atom is 0.328 e. The third-order valence-electron chi connectivity index (χ3n) is 18.2. The number of imidazole rings is 1. The molecule has 1 fully saturated rings. The molecule has 3 aromatic heterocycles. The summed E-state index contributed by atoms with van der Waals surface area (Å²) < 4.78 is 0. The average Bonchev–Trinajstić information content (AvgIpc) is 1.73. The first-order chi connectivity index (χ1) is 53.5. The maximum absolute atomic E-state index is 15.1. The van der Waals surface area contributed by atoms with Gasteiger partial charge in [-0.1, -0.05) is 92.1 Å². The highest BCUT2D eigenvalue weighted by Crippen LogP contribution is 2.26. The number of hydrogen-bond acceptors (Lipinski definition) is 21. The number of aromatic amines is 3. The summed E-state index contributed by atoms with van der Waals surface area (Å²) in [5, 5.41) is 74.6. The van der Waals surface area contributed by atoms with Crippen LogP contribution in [0.2, 0.25) is 0 Å². The van der Waals surface area contributed by atoms with Crippen molar-refractivity contribution < 1.29 is 92.0 Å². The minimum absolute atomic E-state index is 0.0192. The van der Waals surface area contributed by atoms with E-state index >= 15 is 14.4 Å². The molecule has 1 saturated heterocycles. The molecule has 14 amide bonds. The van der Waals surface area contributed by atoms with Gasteiger partial charge in [0.1, 0.15) is 66.5 Å². The summed E-state index contributed by atoms with van der Waals surface area (Å²) in [4.78, 5) is 238. The number of H-pyrrole nitrogens is 3. The topological polar surface area (TPSA) is 638 Å². The highest BCUT2D eigenvalue weighted by atomic mass is 33.1. The SMILES string of the molecule is CC[C@H](C)[C@H](NC(C)=O)C(=O)N[C@H]1CSSC[C@@H](C(=O)N[C@@H](C(=O)O)[C@@H](C)O)NC(=O)[C@H](CCCNC(=N)N)NC(=O)[C@H](Cc2cnc[nH]2)NC(=O)[C@H](C)NC(=O)CNC(=O)[C@H](Cc2c[nH]c3ccccc23)NC(=O)[C@@H](CC(=O)O)NC(=O)[C@H](CCC(N)=O)NC(=O)[C@@H](Cc2c[nH]c3ccccc23)NC(=O)[C@H](C(C)C)NC1=O. The molecule has 0 unspecified atom stereocenters. The number of nitrogens with two attached hydrogens (primary N) is 2. The molecule has 0 spiro atoms. The number of guanidine groups is 1. The number of carboxylic acids is 2. The summed E-state index contributed by atoms with van der Waals surface area (Å²) >= 11 is 0. The third-order valence-corrected chi connectivity index (χ3v) is 20.6. The number of nitrogens with one attached hydrogen (secondary N) is 18. The molecule has 2 aromatic carbocycles. The van der Waals surface area contributed by atoms with E-state index in [4.69, 9.17) is 16.9 Å². The van der Waals surface area contributed by atoms with E-state index < -0.39 is 228 Å². The van der Waals surface area contributed by atoms with Crippen molar-refractivity contribution >= 4 is 144 Å². The predicted molar refractivity (Wildman–Crippen MR) is 412 cm³/mol. The van der Waals surface area contributed by atoms with Gasteiger partial charge in [-0.15, -0.1) is 0 Å². The Morgan fingerprint density at radius 3 is 1.70 bits per heavy atom. The smallest absolute Gasteiger partial charge is 0.328 e. The van der Waals surface area contributed by atoms with Crippen LogP contribution in [0, 0.1) is 17.2 Å². The van der Waals surface area contributed by atoms with E-state index in [-0.39, 0.29) is 44.3 Å². The zero-order valence-corrected chi connectivity index (χ0v) is 64.7. The first-order valence-corrected chi connectivity index (χ1v) is 38.7. The molecular formula is C71H99N21O19S2. The van der Waals surface area contributed by atoms with Crippen LogP contribution in [0.1, 0.15) is 104 Å². The fraction of sp³-hybridized carbons (Fsp3) is 0.493. The number of para-hydroxylation sites is 2. The second kappa shape index (κ2) is 43.7. The Morgan fingerprint density at radius 1 is 0.619 bits per heavy atom. The molecule has 25 N–H and O–H groups in total. The third kappa shape index (κ3) is 28.2. The van der Waals surface area contributed by atoms with E-state index in [2.05, 4.69) is 94.4 Å². The molecule has 0 saturated carbocycles. The molecule has 1 aliphatic rings. The summed E-state index contributed by atoms with van der Waals surface area (Å²) in [7, 11) is 1.59. The lowest BCUT2D eigenvalue weighted by Crippen LogP contribution is -2.61. The number of carbonyl (C=O) groups is 16. The van der Waals surface area contributed by atoms with Gasteiger partial charge in [-0.2, -0.15) is 0 Å². The fourth-order valence-electron chi connectivity index (χ4n) is 11.8. The fourth-order valence-corrected chi connectivity index (χ4v) is 14.1. The zero-order valence-electron chi connectivity index (χ0n) is 63.1. The lowest BCUT2D eigenvalue weighted by molar-refractivity contribution is -0.145. The monoisotopic (exact) mass is 1610 g/mol. The number of rotatable bonds is 25. The van der Waals surface area contributed by atoms with E-state index in [1.165, 1.54) is 46.4 Å². The van der Waals surface area contributed by atoms with E-state index in [1.54, 1.807) is 68.6 Å². The van der Waals surface area contributed by atoms with Crippen LogP contribution in [-0.4, -0.2) is 239 Å². The number of aromatic nitrogens is 4. The van der Waals surface area contributed by atoms with Crippen molar-refractivity contribution in [3.63, 3.8) is 0 Å². The quantitative estimate of drug-likeness (QED) is 0.0114. The van der Waals surface area contributed by atoms with Crippen molar-refractivity contribution in [2.75, 3.05) is 24.6 Å². The highest BCUT2D eigenvalue weighted by Gasteiger charge is 2.39. The number of aliphatic hydroxyl groups is 1. The number of nitrogens with zero attached hydrogens (tertiary/aromatic N) is 1. The Morgan fingerprint density at radius 2 is 1.15 bits per heavy atom. The van der Waals surface area contributed by atoms with Gasteiger partial charge in [0, 0.05) is 96.7 Å². The molecule has 40 nitrogen and oxygen atoms in total. The van der Waals surface area contributed by atoms with E-state index in [0.29, 0.717) is 39.4 Å². The van der Waals surface area contributed by atoms with Crippen LogP contribution in [-0.2, 0) is 96.0 Å². The number of benzene rings is 2. The Hall–Kier alpha value is -11.8. The molecule has 614 valence electrons. The van der Waals surface area contributed by atoms with Crippen molar-refractivity contribution in [1.82, 2.24) is 94.4 Å². The van der Waals surface area contributed by atoms with Crippen molar-refractivity contribution in [3.8, 4) is 0 Å². The maximum atomic E-state index is 15.1. The van der Waals surface area contributed by atoms with Crippen LogP contribution >= 0.6 is 21.6 Å².